The molecule has 0 radical (unpaired) electrons. The molecular weight excluding hydrogens is 310 g/mol. The van der Waals surface area contributed by atoms with Gasteiger partial charge in [-0.15, -0.1) is 0 Å². The molecule has 2 N–H and O–H groups in total. The van der Waals surface area contributed by atoms with E-state index in [1.165, 1.54) is 4.90 Å². The van der Waals surface area contributed by atoms with Gasteiger partial charge in [-0.2, -0.15) is 0 Å². The van der Waals surface area contributed by atoms with Gasteiger partial charge in [0.05, 0.1) is 13.0 Å². The van der Waals surface area contributed by atoms with Crippen molar-refractivity contribution in [2.24, 2.45) is 0 Å². The van der Waals surface area contributed by atoms with Crippen molar-refractivity contribution >= 4 is 17.8 Å². The SMILES string of the molecule is Cc1ccc(C)c(OCCN(C)C(=O)CC2NC(=O)NC2=O)c1C. The first-order chi connectivity index (χ1) is 11.3. The van der Waals surface area contributed by atoms with Crippen molar-refractivity contribution in [3.05, 3.63) is 28.8 Å². The summed E-state index contributed by atoms with van der Waals surface area (Å²) in [6, 6.07) is 2.70. The average molecular weight is 333 g/mol. The summed E-state index contributed by atoms with van der Waals surface area (Å²) >= 11 is 0. The molecule has 1 aromatic rings. The number of nitrogens with one attached hydrogen (secondary N) is 2. The minimum absolute atomic E-state index is 0.0590. The summed E-state index contributed by atoms with van der Waals surface area (Å²) in [4.78, 5) is 36.1. The van der Waals surface area contributed by atoms with E-state index in [0.29, 0.717) is 13.2 Å². The summed E-state index contributed by atoms with van der Waals surface area (Å²) < 4.78 is 5.83. The van der Waals surface area contributed by atoms with Crippen molar-refractivity contribution in [2.45, 2.75) is 33.2 Å². The van der Waals surface area contributed by atoms with E-state index >= 15 is 0 Å². The second-order valence-corrected chi connectivity index (χ2v) is 6.04. The monoisotopic (exact) mass is 333 g/mol. The molecule has 0 aromatic heterocycles. The standard InChI is InChI=1S/C17H23N3O4/c1-10-5-6-11(2)15(12(10)3)24-8-7-20(4)14(21)9-13-16(22)19-17(23)18-13/h5-6,13H,7-9H2,1-4H3,(H2,18,19,22,23). The number of ether oxygens (including phenoxy) is 1. The molecule has 7 heteroatoms. The van der Waals surface area contributed by atoms with E-state index in [-0.39, 0.29) is 12.3 Å². The van der Waals surface area contributed by atoms with Crippen molar-refractivity contribution in [3.8, 4) is 5.75 Å². The zero-order chi connectivity index (χ0) is 17.9. The van der Waals surface area contributed by atoms with Gasteiger partial charge in [-0.1, -0.05) is 12.1 Å². The molecule has 1 aromatic carbocycles. The normalized spacial score (nSPS) is 16.6. The van der Waals surface area contributed by atoms with Crippen molar-refractivity contribution in [1.82, 2.24) is 15.5 Å². The Kier molecular flexibility index (Phi) is 5.43. The first kappa shape index (κ1) is 17.8. The van der Waals surface area contributed by atoms with Crippen LogP contribution in [-0.2, 0) is 9.59 Å². The number of imide groups is 1. The Labute approximate surface area is 141 Å². The van der Waals surface area contributed by atoms with E-state index < -0.39 is 18.0 Å². The van der Waals surface area contributed by atoms with Gasteiger partial charge in [0.25, 0.3) is 5.91 Å². The van der Waals surface area contributed by atoms with Crippen LogP contribution < -0.4 is 15.4 Å². The van der Waals surface area contributed by atoms with E-state index in [4.69, 9.17) is 4.74 Å². The van der Waals surface area contributed by atoms with Gasteiger partial charge >= 0.3 is 6.03 Å². The lowest BCUT2D eigenvalue weighted by Crippen LogP contribution is -2.38. The fourth-order valence-corrected chi connectivity index (χ4v) is 2.49. The Bertz CT molecular complexity index is 672. The fraction of sp³-hybridized carbons (Fsp3) is 0.471. The molecule has 0 spiro atoms. The topological polar surface area (TPSA) is 87.7 Å². The Morgan fingerprint density at radius 1 is 1.21 bits per heavy atom. The number of carbonyl (C=O) groups excluding carboxylic acids is 3. The molecule has 1 saturated heterocycles. The van der Waals surface area contributed by atoms with Gasteiger partial charge in [0, 0.05) is 7.05 Å². The van der Waals surface area contributed by atoms with E-state index in [1.807, 2.05) is 32.9 Å². The van der Waals surface area contributed by atoms with Gasteiger partial charge in [-0.05, 0) is 37.5 Å². The highest BCUT2D eigenvalue weighted by Crippen LogP contribution is 2.25. The average Bonchev–Trinajstić information content (AvgIpc) is 2.84. The number of urea groups is 1. The van der Waals surface area contributed by atoms with Crippen molar-refractivity contribution in [2.75, 3.05) is 20.2 Å². The molecule has 1 fully saturated rings. The van der Waals surface area contributed by atoms with E-state index in [0.717, 1.165) is 22.4 Å². The summed E-state index contributed by atoms with van der Waals surface area (Å²) in [5.74, 6) is 0.154. The molecule has 0 bridgehead atoms. The number of amides is 4. The predicted octanol–water partition coefficient (Wildman–Crippen LogP) is 1.05. The molecule has 1 atom stereocenters. The number of rotatable bonds is 6. The van der Waals surface area contributed by atoms with Gasteiger partial charge in [-0.25, -0.2) is 4.79 Å². The quantitative estimate of drug-likeness (QED) is 0.762. The van der Waals surface area contributed by atoms with Crippen LogP contribution in [0.5, 0.6) is 5.75 Å². The van der Waals surface area contributed by atoms with Gasteiger partial charge < -0.3 is 15.0 Å². The molecule has 0 saturated carbocycles. The van der Waals surface area contributed by atoms with Crippen LogP contribution in [0, 0.1) is 20.8 Å². The summed E-state index contributed by atoms with van der Waals surface area (Å²) in [5.41, 5.74) is 3.30. The maximum atomic E-state index is 12.1. The molecule has 1 heterocycles. The third-order valence-corrected chi connectivity index (χ3v) is 4.21. The smallest absolute Gasteiger partial charge is 0.322 e. The van der Waals surface area contributed by atoms with Gasteiger partial charge in [-0.3, -0.25) is 14.9 Å². The summed E-state index contributed by atoms with van der Waals surface area (Å²) in [5, 5.41) is 4.52. The molecule has 1 unspecified atom stereocenters. The molecule has 1 aliphatic rings. The summed E-state index contributed by atoms with van der Waals surface area (Å²) in [6.07, 6.45) is -0.0590. The Morgan fingerprint density at radius 3 is 2.50 bits per heavy atom. The first-order valence-electron chi connectivity index (χ1n) is 7.84. The van der Waals surface area contributed by atoms with Crippen molar-refractivity contribution in [1.29, 1.82) is 0 Å². The van der Waals surface area contributed by atoms with Crippen molar-refractivity contribution in [3.63, 3.8) is 0 Å². The Balaban J connectivity index is 1.84. The van der Waals surface area contributed by atoms with Crippen LogP contribution in [0.3, 0.4) is 0 Å². The zero-order valence-electron chi connectivity index (χ0n) is 14.4. The number of hydrogen-bond donors (Lipinski definition) is 2. The fourth-order valence-electron chi connectivity index (χ4n) is 2.49. The highest BCUT2D eigenvalue weighted by atomic mass is 16.5. The minimum Gasteiger partial charge on any atom is -0.491 e. The highest BCUT2D eigenvalue weighted by molar-refractivity contribution is 6.05. The third-order valence-electron chi connectivity index (χ3n) is 4.21. The number of carbonyl (C=O) groups is 3. The third kappa shape index (κ3) is 4.04. The lowest BCUT2D eigenvalue weighted by Gasteiger charge is -2.20. The molecule has 7 nitrogen and oxygen atoms in total. The molecule has 24 heavy (non-hydrogen) atoms. The molecule has 4 amide bonds. The van der Waals surface area contributed by atoms with Crippen molar-refractivity contribution < 1.29 is 19.1 Å². The van der Waals surface area contributed by atoms with Gasteiger partial charge in [0.15, 0.2) is 0 Å². The van der Waals surface area contributed by atoms with Gasteiger partial charge in [0.1, 0.15) is 18.4 Å². The van der Waals surface area contributed by atoms with Crippen LogP contribution in [0.2, 0.25) is 0 Å². The summed E-state index contributed by atoms with van der Waals surface area (Å²) in [6.45, 7) is 6.77. The van der Waals surface area contributed by atoms with Crippen LogP contribution in [0.4, 0.5) is 4.79 Å². The Morgan fingerprint density at radius 2 is 1.88 bits per heavy atom. The first-order valence-corrected chi connectivity index (χ1v) is 7.84. The van der Waals surface area contributed by atoms with E-state index in [1.54, 1.807) is 7.05 Å². The van der Waals surface area contributed by atoms with Crippen LogP contribution in [-0.4, -0.2) is 49.0 Å². The second kappa shape index (κ2) is 7.33. The highest BCUT2D eigenvalue weighted by Gasteiger charge is 2.32. The number of benzene rings is 1. The van der Waals surface area contributed by atoms with Crippen LogP contribution in [0.25, 0.3) is 0 Å². The number of aryl methyl sites for hydroxylation is 2. The van der Waals surface area contributed by atoms with E-state index in [2.05, 4.69) is 10.6 Å². The van der Waals surface area contributed by atoms with Gasteiger partial charge in [0.2, 0.25) is 5.91 Å². The molecule has 130 valence electrons. The van der Waals surface area contributed by atoms with Crippen LogP contribution in [0.15, 0.2) is 12.1 Å². The molecular formula is C17H23N3O4. The largest absolute Gasteiger partial charge is 0.491 e. The van der Waals surface area contributed by atoms with E-state index in [9.17, 15) is 14.4 Å². The maximum Gasteiger partial charge on any atom is 0.322 e. The molecule has 1 aliphatic heterocycles. The minimum atomic E-state index is -0.797. The number of nitrogens with zero attached hydrogens (tertiary/aromatic N) is 1. The second-order valence-electron chi connectivity index (χ2n) is 6.04. The van der Waals surface area contributed by atoms with Crippen LogP contribution >= 0.6 is 0 Å². The maximum absolute atomic E-state index is 12.1. The molecule has 2 rings (SSSR count). The predicted molar refractivity (Wildman–Crippen MR) is 88.9 cm³/mol. The lowest BCUT2D eigenvalue weighted by atomic mass is 10.1. The lowest BCUT2D eigenvalue weighted by molar-refractivity contribution is -0.133. The Hall–Kier alpha value is -2.57. The number of hydrogen-bond acceptors (Lipinski definition) is 4. The van der Waals surface area contributed by atoms with Crippen LogP contribution in [0.1, 0.15) is 23.1 Å². The number of likely N-dealkylation sites (N-methyl/N-ethyl adjacent to an activating group) is 1. The summed E-state index contributed by atoms with van der Waals surface area (Å²) in [7, 11) is 1.65. The molecule has 0 aliphatic carbocycles. The zero-order valence-corrected chi connectivity index (χ0v) is 14.4.